The van der Waals surface area contributed by atoms with Crippen molar-refractivity contribution in [3.63, 3.8) is 0 Å². The van der Waals surface area contributed by atoms with Crippen LogP contribution in [0.1, 0.15) is 27.5 Å². The minimum absolute atomic E-state index is 0.0790. The van der Waals surface area contributed by atoms with Gasteiger partial charge in [-0.25, -0.2) is 9.18 Å². The van der Waals surface area contributed by atoms with E-state index in [0.29, 0.717) is 16.8 Å². The topological polar surface area (TPSA) is 67.8 Å². The number of benzene rings is 3. The smallest absolute Gasteiger partial charge is 0.387 e. The molecule has 1 atom stereocenters. The lowest BCUT2D eigenvalue weighted by Gasteiger charge is -2.22. The van der Waals surface area contributed by atoms with Crippen LogP contribution in [0.3, 0.4) is 0 Å². The monoisotopic (exact) mass is 417 g/mol. The molecule has 0 aromatic heterocycles. The number of aromatic carboxylic acids is 1. The summed E-state index contributed by atoms with van der Waals surface area (Å²) in [7, 11) is 1.32. The maximum Gasteiger partial charge on any atom is 0.387 e. The number of rotatable bonds is 8. The van der Waals surface area contributed by atoms with Crippen molar-refractivity contribution in [2.45, 2.75) is 12.7 Å². The summed E-state index contributed by atoms with van der Waals surface area (Å²) in [5.41, 5.74) is 1.67. The molecule has 0 aliphatic rings. The number of carboxylic acid groups (broad SMARTS) is 1. The molecule has 5 nitrogen and oxygen atoms in total. The number of hydrogen-bond donors (Lipinski definition) is 2. The van der Waals surface area contributed by atoms with E-state index in [1.54, 1.807) is 30.3 Å². The molecule has 8 heteroatoms. The van der Waals surface area contributed by atoms with E-state index in [9.17, 15) is 23.1 Å². The highest BCUT2D eigenvalue weighted by Gasteiger charge is 2.19. The van der Waals surface area contributed by atoms with Gasteiger partial charge in [-0.15, -0.1) is 0 Å². The Morgan fingerprint density at radius 1 is 0.967 bits per heavy atom. The largest absolute Gasteiger partial charge is 0.493 e. The number of anilines is 1. The third kappa shape index (κ3) is 5.02. The van der Waals surface area contributed by atoms with E-state index < -0.39 is 24.4 Å². The number of halogens is 3. The molecule has 0 fully saturated rings. The van der Waals surface area contributed by atoms with Gasteiger partial charge in [0.15, 0.2) is 11.5 Å². The van der Waals surface area contributed by atoms with Gasteiger partial charge < -0.3 is 19.9 Å². The lowest BCUT2D eigenvalue weighted by Crippen LogP contribution is -2.14. The Bertz CT molecular complexity index is 1040. The molecule has 0 saturated carbocycles. The van der Waals surface area contributed by atoms with Crippen LogP contribution in [0.2, 0.25) is 0 Å². The molecule has 0 aliphatic heterocycles. The average molecular weight is 417 g/mol. The van der Waals surface area contributed by atoms with E-state index in [4.69, 9.17) is 4.74 Å². The highest BCUT2D eigenvalue weighted by molar-refractivity contribution is 5.88. The van der Waals surface area contributed by atoms with Crippen molar-refractivity contribution >= 4 is 11.7 Å². The lowest BCUT2D eigenvalue weighted by molar-refractivity contribution is -0.0512. The first kappa shape index (κ1) is 21.0. The fourth-order valence-electron chi connectivity index (χ4n) is 3.01. The highest BCUT2D eigenvalue weighted by atomic mass is 19.3. The van der Waals surface area contributed by atoms with Crippen LogP contribution >= 0.6 is 0 Å². The maximum absolute atomic E-state index is 13.9. The van der Waals surface area contributed by atoms with Gasteiger partial charge in [0.05, 0.1) is 18.7 Å². The van der Waals surface area contributed by atoms with Gasteiger partial charge in [0.2, 0.25) is 0 Å². The van der Waals surface area contributed by atoms with Crippen LogP contribution in [0.15, 0.2) is 66.7 Å². The van der Waals surface area contributed by atoms with Gasteiger partial charge in [-0.2, -0.15) is 8.78 Å². The molecule has 0 amide bonds. The molecular formula is C22H18F3NO4. The van der Waals surface area contributed by atoms with Crippen LogP contribution in [-0.2, 0) is 0 Å². The Labute approximate surface area is 170 Å². The fraction of sp³-hybridized carbons (Fsp3) is 0.136. The maximum atomic E-state index is 13.9. The normalized spacial score (nSPS) is 11.8. The molecule has 1 unspecified atom stereocenters. The number of carboxylic acids is 1. The van der Waals surface area contributed by atoms with Crippen molar-refractivity contribution in [2.24, 2.45) is 0 Å². The molecule has 3 aromatic carbocycles. The molecule has 0 spiro atoms. The summed E-state index contributed by atoms with van der Waals surface area (Å²) in [6, 6.07) is 15.8. The summed E-state index contributed by atoms with van der Waals surface area (Å²) in [6.07, 6.45) is 0. The van der Waals surface area contributed by atoms with Crippen molar-refractivity contribution in [3.05, 3.63) is 89.2 Å². The van der Waals surface area contributed by atoms with Gasteiger partial charge in [-0.1, -0.05) is 24.3 Å². The summed E-state index contributed by atoms with van der Waals surface area (Å²) in [4.78, 5) is 11.3. The quantitative estimate of drug-likeness (QED) is 0.518. The molecule has 156 valence electrons. The molecule has 0 aliphatic carbocycles. The van der Waals surface area contributed by atoms with Crippen LogP contribution < -0.4 is 14.8 Å². The number of ether oxygens (including phenoxy) is 2. The van der Waals surface area contributed by atoms with Gasteiger partial charge in [-0.05, 0) is 53.6 Å². The lowest BCUT2D eigenvalue weighted by atomic mass is 9.97. The second-order valence-electron chi connectivity index (χ2n) is 6.31. The van der Waals surface area contributed by atoms with Crippen molar-refractivity contribution in [3.8, 4) is 11.5 Å². The molecule has 3 rings (SSSR count). The number of methoxy groups -OCH3 is 1. The number of alkyl halides is 2. The third-order valence-electron chi connectivity index (χ3n) is 4.34. The zero-order valence-electron chi connectivity index (χ0n) is 15.8. The van der Waals surface area contributed by atoms with Gasteiger partial charge in [-0.3, -0.25) is 0 Å². The van der Waals surface area contributed by atoms with E-state index >= 15 is 0 Å². The molecule has 2 N–H and O–H groups in total. The van der Waals surface area contributed by atoms with E-state index in [1.807, 2.05) is 0 Å². The minimum Gasteiger partial charge on any atom is -0.493 e. The molecule has 3 aromatic rings. The summed E-state index contributed by atoms with van der Waals surface area (Å²) < 4.78 is 48.7. The molecule has 0 bridgehead atoms. The van der Waals surface area contributed by atoms with Crippen LogP contribution in [0.5, 0.6) is 11.5 Å². The first-order valence-electron chi connectivity index (χ1n) is 8.85. The SMILES string of the molecule is COc1cc(C(Nc2cccc(C(=O)O)c2)c2cccc(F)c2)ccc1OC(F)F. The Morgan fingerprint density at radius 2 is 1.70 bits per heavy atom. The van der Waals surface area contributed by atoms with E-state index in [-0.39, 0.29) is 17.1 Å². The van der Waals surface area contributed by atoms with Gasteiger partial charge >= 0.3 is 12.6 Å². The van der Waals surface area contributed by atoms with Crippen molar-refractivity contribution in [1.29, 1.82) is 0 Å². The summed E-state index contributed by atoms with van der Waals surface area (Å²) in [6.45, 7) is -3.01. The zero-order valence-corrected chi connectivity index (χ0v) is 15.8. The summed E-state index contributed by atoms with van der Waals surface area (Å²) in [5, 5.41) is 12.4. The summed E-state index contributed by atoms with van der Waals surface area (Å²) >= 11 is 0. The number of nitrogens with one attached hydrogen (secondary N) is 1. The zero-order chi connectivity index (χ0) is 21.7. The van der Waals surface area contributed by atoms with Gasteiger partial charge in [0.1, 0.15) is 5.82 Å². The average Bonchev–Trinajstić information content (AvgIpc) is 2.72. The minimum atomic E-state index is -3.01. The van der Waals surface area contributed by atoms with Crippen molar-refractivity contribution in [2.75, 3.05) is 12.4 Å². The predicted octanol–water partition coefficient (Wildman–Crippen LogP) is 5.34. The molecule has 30 heavy (non-hydrogen) atoms. The first-order valence-corrected chi connectivity index (χ1v) is 8.85. The Morgan fingerprint density at radius 3 is 2.37 bits per heavy atom. The molecular weight excluding hydrogens is 399 g/mol. The van der Waals surface area contributed by atoms with Gasteiger partial charge in [0, 0.05) is 5.69 Å². The van der Waals surface area contributed by atoms with Crippen molar-refractivity contribution < 1.29 is 32.5 Å². The summed E-state index contributed by atoms with van der Waals surface area (Å²) in [5.74, 6) is -1.60. The first-order chi connectivity index (χ1) is 14.4. The van der Waals surface area contributed by atoms with E-state index in [1.165, 1.54) is 43.5 Å². The fourth-order valence-corrected chi connectivity index (χ4v) is 3.01. The van der Waals surface area contributed by atoms with E-state index in [2.05, 4.69) is 10.1 Å². The second kappa shape index (κ2) is 9.21. The molecule has 0 radical (unpaired) electrons. The molecule has 0 saturated heterocycles. The van der Waals surface area contributed by atoms with Gasteiger partial charge in [0.25, 0.3) is 0 Å². The highest BCUT2D eigenvalue weighted by Crippen LogP contribution is 2.35. The van der Waals surface area contributed by atoms with E-state index in [0.717, 1.165) is 0 Å². The third-order valence-corrected chi connectivity index (χ3v) is 4.34. The second-order valence-corrected chi connectivity index (χ2v) is 6.31. The molecule has 0 heterocycles. The standard InChI is InChI=1S/C22H18F3NO4/c1-29-19-12-14(8-9-18(19)30-22(24)25)20(13-4-2-6-16(23)10-13)26-17-7-3-5-15(11-17)21(27)28/h2-12,20,22,26H,1H3,(H,27,28). The van der Waals surface area contributed by atoms with Crippen LogP contribution in [0.25, 0.3) is 0 Å². The number of hydrogen-bond acceptors (Lipinski definition) is 4. The number of carbonyl (C=O) groups is 1. The van der Waals surface area contributed by atoms with Crippen molar-refractivity contribution in [1.82, 2.24) is 0 Å². The predicted molar refractivity (Wildman–Crippen MR) is 105 cm³/mol. The van der Waals surface area contributed by atoms with Crippen LogP contribution in [0, 0.1) is 5.82 Å². The van der Waals surface area contributed by atoms with Crippen LogP contribution in [0.4, 0.5) is 18.9 Å². The Hall–Kier alpha value is -3.68. The Kier molecular flexibility index (Phi) is 6.46. The Balaban J connectivity index is 2.04. The van der Waals surface area contributed by atoms with Crippen LogP contribution in [-0.4, -0.2) is 24.8 Å².